The maximum absolute atomic E-state index is 6.19. The summed E-state index contributed by atoms with van der Waals surface area (Å²) in [6, 6.07) is 7.32. The Morgan fingerprint density at radius 2 is 1.84 bits per heavy atom. The fraction of sp³-hybridized carbons (Fsp3) is 0.632. The molecule has 3 rings (SSSR count). The second-order valence-corrected chi connectivity index (χ2v) is 8.06. The maximum atomic E-state index is 6.19. The molecule has 1 aliphatic carbocycles. The fourth-order valence-electron chi connectivity index (χ4n) is 4.20. The summed E-state index contributed by atoms with van der Waals surface area (Å²) in [4.78, 5) is 4.03. The van der Waals surface area contributed by atoms with Gasteiger partial charge in [-0.3, -0.25) is 0 Å². The average Bonchev–Trinajstić information content (AvgIpc) is 3.16. The van der Waals surface area contributed by atoms with E-state index >= 15 is 0 Å². The molecule has 138 valence electrons. The van der Waals surface area contributed by atoms with Gasteiger partial charge in [0, 0.05) is 31.6 Å². The molecule has 1 saturated heterocycles. The summed E-state index contributed by atoms with van der Waals surface area (Å²) in [5, 5.41) is 4.70. The number of piperidine rings is 1. The van der Waals surface area contributed by atoms with Gasteiger partial charge in [-0.25, -0.2) is 0 Å². The Morgan fingerprint density at radius 3 is 2.44 bits per heavy atom. The molecule has 0 radical (unpaired) electrons. The van der Waals surface area contributed by atoms with Gasteiger partial charge in [-0.1, -0.05) is 11.6 Å². The standard InChI is InChI=1S/C19H28ClN3OS/c1-22(15-5-3-4-6-15)16-9-11-23(12-10-16)19(25)21-14-7-8-18(24-2)17(20)13-14/h7-8,13,15-16H,3-6,9-12H2,1-2H3,(H,21,25)/p+1. The highest BCUT2D eigenvalue weighted by atomic mass is 35.5. The number of ether oxygens (including phenoxy) is 1. The van der Waals surface area contributed by atoms with Gasteiger partial charge in [0.1, 0.15) is 5.75 Å². The summed E-state index contributed by atoms with van der Waals surface area (Å²) >= 11 is 11.8. The second-order valence-electron chi connectivity index (χ2n) is 7.27. The number of halogens is 1. The van der Waals surface area contributed by atoms with E-state index in [1.165, 1.54) is 38.5 Å². The zero-order valence-electron chi connectivity index (χ0n) is 15.2. The molecule has 4 nitrogen and oxygen atoms in total. The van der Waals surface area contributed by atoms with Gasteiger partial charge in [-0.05, 0) is 56.1 Å². The molecule has 1 unspecified atom stereocenters. The lowest BCUT2D eigenvalue weighted by atomic mass is 10.0. The predicted molar refractivity (Wildman–Crippen MR) is 108 cm³/mol. The monoisotopic (exact) mass is 382 g/mol. The van der Waals surface area contributed by atoms with Crippen molar-refractivity contribution >= 4 is 34.6 Å². The van der Waals surface area contributed by atoms with E-state index in [1.54, 1.807) is 12.0 Å². The van der Waals surface area contributed by atoms with E-state index in [0.29, 0.717) is 10.8 Å². The van der Waals surface area contributed by atoms with E-state index in [1.807, 2.05) is 18.2 Å². The van der Waals surface area contributed by atoms with Gasteiger partial charge in [0.2, 0.25) is 0 Å². The van der Waals surface area contributed by atoms with Crippen molar-refractivity contribution in [2.24, 2.45) is 0 Å². The van der Waals surface area contributed by atoms with Crippen LogP contribution in [0.5, 0.6) is 5.75 Å². The lowest BCUT2D eigenvalue weighted by molar-refractivity contribution is -0.931. The van der Waals surface area contributed by atoms with Crippen molar-refractivity contribution in [3.63, 3.8) is 0 Å². The van der Waals surface area contributed by atoms with E-state index in [2.05, 4.69) is 17.3 Å². The summed E-state index contributed by atoms with van der Waals surface area (Å²) in [5.74, 6) is 0.678. The Bertz CT molecular complexity index is 598. The number of methoxy groups -OCH3 is 1. The van der Waals surface area contributed by atoms with Crippen molar-refractivity contribution < 1.29 is 9.64 Å². The van der Waals surface area contributed by atoms with Crippen molar-refractivity contribution in [1.82, 2.24) is 4.90 Å². The number of hydrogen-bond acceptors (Lipinski definition) is 2. The molecule has 0 aromatic heterocycles. The minimum atomic E-state index is 0.593. The van der Waals surface area contributed by atoms with Crippen LogP contribution in [0.4, 0.5) is 5.69 Å². The molecule has 2 aliphatic rings. The van der Waals surface area contributed by atoms with Gasteiger partial charge >= 0.3 is 0 Å². The predicted octanol–water partition coefficient (Wildman–Crippen LogP) is 2.97. The number of quaternary nitrogens is 1. The van der Waals surface area contributed by atoms with Crippen LogP contribution < -0.4 is 15.0 Å². The second kappa shape index (κ2) is 8.56. The number of rotatable bonds is 4. The minimum absolute atomic E-state index is 0.593. The lowest BCUT2D eigenvalue weighted by Gasteiger charge is -2.38. The topological polar surface area (TPSA) is 28.9 Å². The highest BCUT2D eigenvalue weighted by Gasteiger charge is 2.32. The average molecular weight is 383 g/mol. The van der Waals surface area contributed by atoms with E-state index < -0.39 is 0 Å². The molecule has 1 atom stereocenters. The molecular weight excluding hydrogens is 354 g/mol. The molecule has 0 amide bonds. The molecule has 0 bridgehead atoms. The normalized spacial score (nSPS) is 20.5. The summed E-state index contributed by atoms with van der Waals surface area (Å²) in [7, 11) is 4.01. The third-order valence-corrected chi connectivity index (χ3v) is 6.48. The first kappa shape index (κ1) is 18.7. The molecule has 1 aromatic rings. The zero-order chi connectivity index (χ0) is 17.8. The van der Waals surface area contributed by atoms with Crippen LogP contribution in [0.3, 0.4) is 0 Å². The number of thiocarbonyl (C=S) groups is 1. The summed E-state index contributed by atoms with van der Waals surface area (Å²) in [6.45, 7) is 2.06. The largest absolute Gasteiger partial charge is 0.495 e. The van der Waals surface area contributed by atoms with Crippen molar-refractivity contribution in [1.29, 1.82) is 0 Å². The van der Waals surface area contributed by atoms with Crippen LogP contribution in [-0.4, -0.2) is 49.3 Å². The van der Waals surface area contributed by atoms with E-state index in [-0.39, 0.29) is 0 Å². The maximum Gasteiger partial charge on any atom is 0.173 e. The van der Waals surface area contributed by atoms with Crippen molar-refractivity contribution in [3.05, 3.63) is 23.2 Å². The number of benzene rings is 1. The Balaban J connectivity index is 1.50. The summed E-state index contributed by atoms with van der Waals surface area (Å²) in [5.41, 5.74) is 0.909. The van der Waals surface area contributed by atoms with Crippen LogP contribution in [0.25, 0.3) is 0 Å². The molecule has 0 spiro atoms. The van der Waals surface area contributed by atoms with Crippen LogP contribution in [0.2, 0.25) is 5.02 Å². The van der Waals surface area contributed by atoms with Crippen molar-refractivity contribution in [2.45, 2.75) is 50.6 Å². The SMILES string of the molecule is COc1ccc(NC(=S)N2CCC([NH+](C)C3CCCC3)CC2)cc1Cl. The minimum Gasteiger partial charge on any atom is -0.495 e. The quantitative estimate of drug-likeness (QED) is 0.783. The molecule has 1 heterocycles. The molecule has 2 fully saturated rings. The van der Waals surface area contributed by atoms with Gasteiger partial charge in [0.15, 0.2) is 5.11 Å². The Hall–Kier alpha value is -1.04. The van der Waals surface area contributed by atoms with Crippen LogP contribution in [0.15, 0.2) is 18.2 Å². The first-order valence-electron chi connectivity index (χ1n) is 9.31. The highest BCUT2D eigenvalue weighted by Crippen LogP contribution is 2.27. The molecule has 1 aliphatic heterocycles. The Kier molecular flexibility index (Phi) is 6.42. The number of likely N-dealkylation sites (tertiary alicyclic amines) is 1. The smallest absolute Gasteiger partial charge is 0.173 e. The van der Waals surface area contributed by atoms with Crippen molar-refractivity contribution in [2.75, 3.05) is 32.6 Å². The number of anilines is 1. The Morgan fingerprint density at radius 1 is 1.20 bits per heavy atom. The van der Waals surface area contributed by atoms with E-state index in [9.17, 15) is 0 Å². The number of nitrogens with one attached hydrogen (secondary N) is 2. The fourth-order valence-corrected chi connectivity index (χ4v) is 4.76. The van der Waals surface area contributed by atoms with E-state index in [0.717, 1.165) is 36.0 Å². The molecule has 2 N–H and O–H groups in total. The number of hydrogen-bond donors (Lipinski definition) is 2. The van der Waals surface area contributed by atoms with Gasteiger partial charge in [-0.15, -0.1) is 0 Å². The van der Waals surface area contributed by atoms with E-state index in [4.69, 9.17) is 28.6 Å². The molecule has 1 aromatic carbocycles. The third-order valence-electron chi connectivity index (χ3n) is 5.83. The molecule has 1 saturated carbocycles. The van der Waals surface area contributed by atoms with Gasteiger partial charge in [0.25, 0.3) is 0 Å². The molecular formula is C19H29ClN3OS+. The molecule has 25 heavy (non-hydrogen) atoms. The van der Waals surface area contributed by atoms with Crippen LogP contribution in [0, 0.1) is 0 Å². The first-order chi connectivity index (χ1) is 12.1. The Labute approximate surface area is 161 Å². The van der Waals surface area contributed by atoms with Crippen LogP contribution in [-0.2, 0) is 0 Å². The van der Waals surface area contributed by atoms with Gasteiger partial charge < -0.3 is 19.9 Å². The third kappa shape index (κ3) is 4.57. The number of nitrogens with zero attached hydrogens (tertiary/aromatic N) is 1. The molecule has 6 heteroatoms. The van der Waals surface area contributed by atoms with Gasteiger partial charge in [0.05, 0.1) is 31.3 Å². The van der Waals surface area contributed by atoms with Crippen LogP contribution >= 0.6 is 23.8 Å². The van der Waals surface area contributed by atoms with Gasteiger partial charge in [-0.2, -0.15) is 0 Å². The first-order valence-corrected chi connectivity index (χ1v) is 10.1. The lowest BCUT2D eigenvalue weighted by Crippen LogP contribution is -3.16. The van der Waals surface area contributed by atoms with Crippen LogP contribution in [0.1, 0.15) is 38.5 Å². The summed E-state index contributed by atoms with van der Waals surface area (Å²) < 4.78 is 5.19. The highest BCUT2D eigenvalue weighted by molar-refractivity contribution is 7.80. The van der Waals surface area contributed by atoms with Crippen molar-refractivity contribution in [3.8, 4) is 5.75 Å². The summed E-state index contributed by atoms with van der Waals surface area (Å²) in [6.07, 6.45) is 8.08. The zero-order valence-corrected chi connectivity index (χ0v) is 16.8.